The zero-order chi connectivity index (χ0) is 13.2. The van der Waals surface area contributed by atoms with Crippen molar-refractivity contribution in [2.24, 2.45) is 0 Å². The van der Waals surface area contributed by atoms with E-state index in [1.807, 2.05) is 30.3 Å². The van der Waals surface area contributed by atoms with Gasteiger partial charge in [-0.1, -0.05) is 54.6 Å². The van der Waals surface area contributed by atoms with Crippen molar-refractivity contribution in [3.05, 3.63) is 60.2 Å². The fourth-order valence-electron chi connectivity index (χ4n) is 1.58. The molecule has 6 heteroatoms. The molecule has 0 N–H and O–H groups in total. The van der Waals surface area contributed by atoms with E-state index in [1.165, 1.54) is 12.1 Å². The zero-order valence-electron chi connectivity index (χ0n) is 10.2. The summed E-state index contributed by atoms with van der Waals surface area (Å²) in [4.78, 5) is 0. The van der Waals surface area contributed by atoms with E-state index in [0.717, 1.165) is 23.3 Å². The summed E-state index contributed by atoms with van der Waals surface area (Å²) in [6.45, 7) is 0. The average Bonchev–Trinajstić information content (AvgIpc) is 2.40. The van der Waals surface area contributed by atoms with Crippen molar-refractivity contribution in [3.8, 4) is 11.1 Å². The van der Waals surface area contributed by atoms with E-state index in [-0.39, 0.29) is 29.6 Å². The quantitative estimate of drug-likeness (QED) is 0.602. The SMILES string of the molecule is O=S([O-])C(F)(F)c1ccc(-c2ccccc2)cc1.[Na+]. The molecule has 1 unspecified atom stereocenters. The maximum atomic E-state index is 13.2. The van der Waals surface area contributed by atoms with Crippen LogP contribution in [0.25, 0.3) is 11.1 Å². The summed E-state index contributed by atoms with van der Waals surface area (Å²) in [7, 11) is 0. The molecular weight excluding hydrogens is 281 g/mol. The van der Waals surface area contributed by atoms with Crippen LogP contribution < -0.4 is 29.6 Å². The van der Waals surface area contributed by atoms with Gasteiger partial charge in [0.25, 0.3) is 0 Å². The minimum atomic E-state index is -3.85. The number of hydrogen-bond donors (Lipinski definition) is 0. The molecule has 94 valence electrons. The first kappa shape index (κ1) is 16.5. The van der Waals surface area contributed by atoms with E-state index in [2.05, 4.69) is 0 Å². The summed E-state index contributed by atoms with van der Waals surface area (Å²) in [6, 6.07) is 14.4. The van der Waals surface area contributed by atoms with Gasteiger partial charge in [-0.15, -0.1) is 0 Å². The number of alkyl halides is 2. The Morgan fingerprint density at radius 1 is 0.895 bits per heavy atom. The third kappa shape index (κ3) is 3.70. The van der Waals surface area contributed by atoms with Gasteiger partial charge in [-0.3, -0.25) is 4.21 Å². The molecule has 2 aromatic carbocycles. The van der Waals surface area contributed by atoms with E-state index in [9.17, 15) is 17.5 Å². The molecule has 0 bridgehead atoms. The summed E-state index contributed by atoms with van der Waals surface area (Å²) in [6.07, 6.45) is 0. The summed E-state index contributed by atoms with van der Waals surface area (Å²) >= 11 is -3.46. The van der Waals surface area contributed by atoms with Crippen LogP contribution in [0.2, 0.25) is 0 Å². The summed E-state index contributed by atoms with van der Waals surface area (Å²) < 4.78 is 47.3. The Kier molecular flexibility index (Phi) is 5.82. The van der Waals surface area contributed by atoms with Crippen LogP contribution in [0.4, 0.5) is 8.78 Å². The molecule has 2 aromatic rings. The molecule has 0 aliphatic heterocycles. The van der Waals surface area contributed by atoms with Crippen molar-refractivity contribution in [3.63, 3.8) is 0 Å². The van der Waals surface area contributed by atoms with Crippen LogP contribution >= 0.6 is 0 Å². The molecule has 0 aliphatic rings. The third-order valence-corrected chi connectivity index (χ3v) is 3.19. The predicted molar refractivity (Wildman–Crippen MR) is 64.7 cm³/mol. The smallest absolute Gasteiger partial charge is 0.768 e. The fourth-order valence-corrected chi connectivity index (χ4v) is 1.91. The zero-order valence-corrected chi connectivity index (χ0v) is 13.0. The van der Waals surface area contributed by atoms with E-state index in [1.54, 1.807) is 0 Å². The molecule has 2 rings (SSSR count). The molecule has 0 aliphatic carbocycles. The average molecular weight is 290 g/mol. The maximum Gasteiger partial charge on any atom is 1.00 e. The van der Waals surface area contributed by atoms with Gasteiger partial charge in [-0.2, -0.15) is 8.78 Å². The summed E-state index contributed by atoms with van der Waals surface area (Å²) in [5.41, 5.74) is 1.11. The van der Waals surface area contributed by atoms with Crippen LogP contribution in [-0.2, 0) is 16.3 Å². The summed E-state index contributed by atoms with van der Waals surface area (Å²) in [5.74, 6) is 0. The van der Waals surface area contributed by atoms with Crippen molar-refractivity contribution >= 4 is 11.1 Å². The Labute approximate surface area is 134 Å². The van der Waals surface area contributed by atoms with Crippen molar-refractivity contribution in [2.45, 2.75) is 5.25 Å². The molecule has 0 amide bonds. The molecule has 19 heavy (non-hydrogen) atoms. The van der Waals surface area contributed by atoms with E-state index >= 15 is 0 Å². The van der Waals surface area contributed by atoms with E-state index < -0.39 is 21.9 Å². The normalized spacial score (nSPS) is 12.6. The fraction of sp³-hybridized carbons (Fsp3) is 0.0769. The van der Waals surface area contributed by atoms with Gasteiger partial charge in [0.15, 0.2) is 0 Å². The second-order valence-corrected chi connectivity index (χ2v) is 4.68. The molecular formula is C13H9F2NaO2S. The molecule has 0 saturated carbocycles. The number of rotatable bonds is 3. The van der Waals surface area contributed by atoms with Gasteiger partial charge >= 0.3 is 34.8 Å². The predicted octanol–water partition coefficient (Wildman–Crippen LogP) is 0.286. The van der Waals surface area contributed by atoms with Crippen LogP contribution in [0.3, 0.4) is 0 Å². The van der Waals surface area contributed by atoms with Crippen LogP contribution in [0, 0.1) is 0 Å². The minimum absolute atomic E-state index is 0. The maximum absolute atomic E-state index is 13.2. The van der Waals surface area contributed by atoms with Crippen molar-refractivity contribution in [1.29, 1.82) is 0 Å². The Balaban J connectivity index is 0.00000180. The van der Waals surface area contributed by atoms with E-state index in [4.69, 9.17) is 0 Å². The second-order valence-electron chi connectivity index (χ2n) is 3.69. The molecule has 0 radical (unpaired) electrons. The topological polar surface area (TPSA) is 40.1 Å². The van der Waals surface area contributed by atoms with E-state index in [0.29, 0.717) is 0 Å². The van der Waals surface area contributed by atoms with Gasteiger partial charge < -0.3 is 4.55 Å². The second kappa shape index (κ2) is 6.72. The number of benzene rings is 2. The molecule has 0 spiro atoms. The Bertz CT molecular complexity index is 559. The Hall–Kier alpha value is -0.590. The Morgan fingerprint density at radius 2 is 1.37 bits per heavy atom. The van der Waals surface area contributed by atoms with Crippen LogP contribution in [0.1, 0.15) is 5.56 Å². The van der Waals surface area contributed by atoms with Gasteiger partial charge in [-0.05, 0) is 11.1 Å². The third-order valence-electron chi connectivity index (χ3n) is 2.54. The van der Waals surface area contributed by atoms with Crippen molar-refractivity contribution < 1.29 is 47.1 Å². The molecule has 0 aromatic heterocycles. The van der Waals surface area contributed by atoms with Crippen LogP contribution in [0.15, 0.2) is 54.6 Å². The first-order valence-electron chi connectivity index (χ1n) is 5.15. The molecule has 1 atom stereocenters. The van der Waals surface area contributed by atoms with Gasteiger partial charge in [0.05, 0.1) is 0 Å². The van der Waals surface area contributed by atoms with Gasteiger partial charge in [0.2, 0.25) is 0 Å². The van der Waals surface area contributed by atoms with Gasteiger partial charge in [0.1, 0.15) is 0 Å². The number of halogens is 2. The van der Waals surface area contributed by atoms with Crippen molar-refractivity contribution in [1.82, 2.24) is 0 Å². The largest absolute Gasteiger partial charge is 1.00 e. The standard InChI is InChI=1S/C13H10F2O2S.Na/c14-13(15,18(16)17)12-8-6-11(7-9-12)10-4-2-1-3-5-10;/h1-9H,(H,16,17);/q;+1/p-1. The first-order valence-corrected chi connectivity index (χ1v) is 6.22. The van der Waals surface area contributed by atoms with Crippen molar-refractivity contribution in [2.75, 3.05) is 0 Å². The van der Waals surface area contributed by atoms with Crippen LogP contribution in [-0.4, -0.2) is 8.76 Å². The monoisotopic (exact) mass is 290 g/mol. The van der Waals surface area contributed by atoms with Gasteiger partial charge in [0, 0.05) is 16.6 Å². The summed E-state index contributed by atoms with van der Waals surface area (Å²) in [5, 5.41) is -3.85. The Morgan fingerprint density at radius 3 is 1.84 bits per heavy atom. The van der Waals surface area contributed by atoms with Gasteiger partial charge in [-0.25, -0.2) is 0 Å². The number of hydrogen-bond acceptors (Lipinski definition) is 2. The van der Waals surface area contributed by atoms with Crippen LogP contribution in [0.5, 0.6) is 0 Å². The molecule has 2 nitrogen and oxygen atoms in total. The molecule has 0 fully saturated rings. The minimum Gasteiger partial charge on any atom is -0.768 e. The molecule has 0 saturated heterocycles. The first-order chi connectivity index (χ1) is 8.51. The molecule has 0 heterocycles.